The van der Waals surface area contributed by atoms with E-state index in [4.69, 9.17) is 32.8 Å². The van der Waals surface area contributed by atoms with Crippen LogP contribution in [0.15, 0.2) is 34.3 Å². The van der Waals surface area contributed by atoms with Crippen molar-refractivity contribution in [3.63, 3.8) is 0 Å². The third-order valence-electron chi connectivity index (χ3n) is 11.1. The molecule has 434 valence electrons. The van der Waals surface area contributed by atoms with Crippen LogP contribution in [0.1, 0.15) is 83.1 Å². The number of aliphatic hydroxyl groups excluding tert-OH is 1. The molecule has 0 spiro atoms. The fourth-order valence-corrected chi connectivity index (χ4v) is 8.32. The summed E-state index contributed by atoms with van der Waals surface area (Å²) >= 11 is 5.29. The van der Waals surface area contributed by atoms with Crippen molar-refractivity contribution in [3.05, 3.63) is 30.0 Å². The molecular weight excluding hydrogens is 1060 g/mol. The van der Waals surface area contributed by atoms with Gasteiger partial charge in [-0.1, -0.05) is 39.6 Å². The molecule has 0 fully saturated rings. The van der Waals surface area contributed by atoms with E-state index >= 15 is 0 Å². The molecule has 0 radical (unpaired) electrons. The van der Waals surface area contributed by atoms with Crippen LogP contribution >= 0.6 is 24.6 Å². The van der Waals surface area contributed by atoms with E-state index in [2.05, 4.69) is 64.2 Å². The number of aliphatic hydroxyl groups is 1. The molecule has 28 nitrogen and oxygen atoms in total. The number of fused-ring (bicyclic) bond motifs is 1. The number of carboxylic acid groups (broad SMARTS) is 2. The van der Waals surface area contributed by atoms with Gasteiger partial charge in [0.2, 0.25) is 35.4 Å². The normalized spacial score (nSPS) is 13.4. The Labute approximate surface area is 462 Å². The zero-order valence-electron chi connectivity index (χ0n) is 44.7. The molecule has 0 aliphatic heterocycles. The number of nitrogens with one attached hydrogen (secondary N) is 7. The Morgan fingerprint density at radius 1 is 0.692 bits per heavy atom. The highest BCUT2D eigenvalue weighted by atomic mass is 32.2. The molecule has 30 heteroatoms. The van der Waals surface area contributed by atoms with Gasteiger partial charge >= 0.3 is 11.9 Å². The first-order valence-electron chi connectivity index (χ1n) is 25.0. The van der Waals surface area contributed by atoms with Crippen molar-refractivity contribution in [2.24, 2.45) is 44.8 Å². The van der Waals surface area contributed by atoms with Crippen molar-refractivity contribution >= 4 is 106 Å². The summed E-state index contributed by atoms with van der Waals surface area (Å²) in [6.45, 7) is 5.06. The van der Waals surface area contributed by atoms with Gasteiger partial charge in [0.05, 0.1) is 18.2 Å². The lowest BCUT2D eigenvalue weighted by Crippen LogP contribution is -2.60. The second-order valence-corrected chi connectivity index (χ2v) is 20.2. The lowest BCUT2D eigenvalue weighted by Gasteiger charge is -2.27. The number of aromatic nitrogens is 1. The number of ketones is 1. The van der Waals surface area contributed by atoms with E-state index < -0.39 is 103 Å². The summed E-state index contributed by atoms with van der Waals surface area (Å²) in [4.78, 5) is 132. The lowest BCUT2D eigenvalue weighted by molar-refractivity contribution is -0.139. The van der Waals surface area contributed by atoms with E-state index in [1.165, 1.54) is 6.07 Å². The highest BCUT2D eigenvalue weighted by Gasteiger charge is 2.33. The lowest BCUT2D eigenvalue weighted by atomic mass is 10.0. The molecule has 0 unspecified atom stereocenters. The van der Waals surface area contributed by atoms with Gasteiger partial charge in [-0.05, 0) is 68.6 Å². The monoisotopic (exact) mass is 1140 g/mol. The molecule has 18 N–H and O–H groups in total. The number of nitrogens with two attached hydrogens (primary N) is 4. The molecule has 6 amide bonds. The number of rotatable bonds is 37. The average molecular weight is 1140 g/mol. The van der Waals surface area contributed by atoms with Gasteiger partial charge in [-0.25, -0.2) is 9.78 Å². The van der Waals surface area contributed by atoms with Crippen molar-refractivity contribution in [1.29, 1.82) is 0 Å². The van der Waals surface area contributed by atoms with Crippen LogP contribution < -0.4 is 69.2 Å². The third-order valence-corrected chi connectivity index (χ3v) is 12.4. The molecule has 0 aliphatic carbocycles. The smallest absolute Gasteiger partial charge is 0.341 e. The number of hydrogen-bond acceptors (Lipinski definition) is 18. The number of carboxylic acids is 2. The average Bonchev–Trinajstić information content (AvgIpc) is 3.39. The van der Waals surface area contributed by atoms with Crippen LogP contribution in [0.5, 0.6) is 5.75 Å². The molecule has 0 saturated heterocycles. The number of anilines is 1. The Hall–Kier alpha value is -7.18. The predicted octanol–water partition coefficient (Wildman–Crippen LogP) is -2.31. The summed E-state index contributed by atoms with van der Waals surface area (Å²) in [6, 6.07) is -1.25. The summed E-state index contributed by atoms with van der Waals surface area (Å²) < 4.78 is 8.65. The maximum Gasteiger partial charge on any atom is 0.341 e. The molecule has 2 rings (SSSR count). The summed E-state index contributed by atoms with van der Waals surface area (Å²) in [6.07, 6.45) is 0.515. The topological polar surface area (TPSA) is 453 Å². The predicted molar refractivity (Wildman–Crippen MR) is 297 cm³/mol. The number of benzene rings is 1. The van der Waals surface area contributed by atoms with Crippen LogP contribution in [0.3, 0.4) is 0 Å². The number of carbonyl (C=O) groups excluding carboxylic acids is 7. The fraction of sp³-hybridized carbons (Fsp3) is 0.583. The number of aliphatic carboxylic acids is 2. The maximum atomic E-state index is 14.2. The van der Waals surface area contributed by atoms with Gasteiger partial charge in [0.1, 0.15) is 48.2 Å². The summed E-state index contributed by atoms with van der Waals surface area (Å²) in [7, 11) is 3.67. The minimum Gasteiger partial charge on any atom is -0.481 e. The second kappa shape index (κ2) is 34.6. The van der Waals surface area contributed by atoms with E-state index in [9.17, 15) is 53.4 Å². The van der Waals surface area contributed by atoms with Gasteiger partial charge in [0.15, 0.2) is 24.3 Å². The molecule has 0 saturated carbocycles. The van der Waals surface area contributed by atoms with Crippen molar-refractivity contribution in [1.82, 2.24) is 41.6 Å². The van der Waals surface area contributed by atoms with Crippen LogP contribution in [-0.4, -0.2) is 180 Å². The molecule has 1 aromatic heterocycles. The first-order valence-corrected chi connectivity index (χ1v) is 26.6. The van der Waals surface area contributed by atoms with Crippen LogP contribution in [-0.2, 0) is 38.4 Å². The van der Waals surface area contributed by atoms with Gasteiger partial charge in [0.25, 0.3) is 0 Å². The number of hydrogen-bond donors (Lipinski definition) is 15. The zero-order chi connectivity index (χ0) is 58.6. The van der Waals surface area contributed by atoms with Gasteiger partial charge in [-0.2, -0.15) is 12.6 Å². The van der Waals surface area contributed by atoms with Gasteiger partial charge in [-0.3, -0.25) is 53.1 Å². The maximum absolute atomic E-state index is 14.2. The first-order chi connectivity index (χ1) is 36.8. The summed E-state index contributed by atoms with van der Waals surface area (Å²) in [5.41, 5.74) is 23.3. The number of carbonyl (C=O) groups is 9. The molecule has 2 aromatic rings. The van der Waals surface area contributed by atoms with E-state index in [1.807, 2.05) is 32.8 Å². The standard InChI is InChI=1S/C48H77N15O13S2/c1-25(2)17-33(41(70)55-21-39(66)67)59-45(74)35(22-64)60-46(75)36(24-77)61-43(72)31(10-8-15-54-48(51)52)57-42(71)30(9-7-14-53-47(49)50)58-44(73)34(18-26(3)4)62-78-16-13-37(65)32-20-38(76-23-40(68)69)28-19-27(63(5)6)11-12-29(28)56-32/h11-12,19-20,25-26,30-31,33-36,62,64,77H,7-10,13-18,21-24H2,1-6H3,(H,55,70)(H,57,71)(H,58,73)(H,59,74)(H,60,75)(H,61,72)(H,66,67)(H,68,69)(H4,49,50,53)(H4,51,52,54)/t30-,31-,33-,34-,35-,36-/m0/s1. The second-order valence-electron chi connectivity index (χ2n) is 18.9. The largest absolute Gasteiger partial charge is 0.481 e. The Morgan fingerprint density at radius 2 is 1.19 bits per heavy atom. The molecule has 1 heterocycles. The van der Waals surface area contributed by atoms with Crippen molar-refractivity contribution in [2.45, 2.75) is 109 Å². The number of Topliss-reactive ketones (excluding diaryl/α,β-unsaturated/α-hetero) is 1. The number of amides is 6. The fourth-order valence-electron chi connectivity index (χ4n) is 7.26. The SMILES string of the molecule is CC(C)C[C@H](NSCCC(=O)c1cc(OCC(=O)O)c2cc(N(C)C)ccc2n1)C(=O)N[C@@H](CCCN=C(N)N)C(=O)N[C@@H](CCCN=C(N)N)C(=O)N[C@@H](CS)C(=O)N[C@@H](CO)C(=O)N[C@@H](CC(C)C)C(=O)NCC(=O)O. The Morgan fingerprint density at radius 3 is 1.69 bits per heavy atom. The zero-order valence-corrected chi connectivity index (χ0v) is 46.4. The van der Waals surface area contributed by atoms with Gasteiger partial charge < -0.3 is 79.8 Å². The summed E-state index contributed by atoms with van der Waals surface area (Å²) in [5.74, 6) is -8.62. The number of nitrogens with zero attached hydrogens (tertiary/aromatic N) is 4. The van der Waals surface area contributed by atoms with Crippen LogP contribution in [0.25, 0.3) is 10.9 Å². The Balaban J connectivity index is 2.33. The van der Waals surface area contributed by atoms with Crippen molar-refractivity contribution in [3.8, 4) is 5.75 Å². The third kappa shape index (κ3) is 24.9. The molecule has 1 aromatic carbocycles. The number of thiol groups is 1. The number of pyridine rings is 1. The molecule has 78 heavy (non-hydrogen) atoms. The molecule has 0 aliphatic rings. The molecule has 0 bridgehead atoms. The highest BCUT2D eigenvalue weighted by molar-refractivity contribution is 7.97. The number of guanidine groups is 2. The molecule has 6 atom stereocenters. The number of aliphatic imine (C=N–C) groups is 2. The van der Waals surface area contributed by atoms with Crippen molar-refractivity contribution in [2.75, 3.05) is 63.3 Å². The van der Waals surface area contributed by atoms with E-state index in [1.54, 1.807) is 32.0 Å². The minimum atomic E-state index is -1.64. The van der Waals surface area contributed by atoms with E-state index in [-0.39, 0.29) is 111 Å². The first kappa shape index (κ1) is 66.9. The quantitative estimate of drug-likeness (QED) is 0.00844. The van der Waals surface area contributed by atoms with Crippen molar-refractivity contribution < 1.29 is 63.2 Å². The Bertz CT molecular complexity index is 2440. The highest BCUT2D eigenvalue weighted by Crippen LogP contribution is 2.30. The number of ether oxygens (including phenoxy) is 1. The van der Waals surface area contributed by atoms with Crippen LogP contribution in [0.4, 0.5) is 5.69 Å². The minimum absolute atomic E-state index is 0.0222. The van der Waals surface area contributed by atoms with Gasteiger partial charge in [-0.15, -0.1) is 0 Å². The van der Waals surface area contributed by atoms with Crippen LogP contribution in [0.2, 0.25) is 0 Å². The van der Waals surface area contributed by atoms with E-state index in [0.29, 0.717) is 10.9 Å². The Kier molecular flexibility index (Phi) is 29.7. The van der Waals surface area contributed by atoms with Gasteiger partial charge in [0, 0.05) is 62.3 Å². The molecular formula is C48H77N15O13S2. The van der Waals surface area contributed by atoms with E-state index in [0.717, 1.165) is 17.6 Å². The van der Waals surface area contributed by atoms with Crippen LogP contribution in [0, 0.1) is 11.8 Å². The summed E-state index contributed by atoms with van der Waals surface area (Å²) in [5, 5.41) is 43.7.